The second-order valence-corrected chi connectivity index (χ2v) is 8.26. The number of anilines is 2. The lowest BCUT2D eigenvalue weighted by Crippen LogP contribution is -2.47. The summed E-state index contributed by atoms with van der Waals surface area (Å²) in [5.41, 5.74) is 1.83. The van der Waals surface area contributed by atoms with E-state index in [2.05, 4.69) is 10.6 Å². The summed E-state index contributed by atoms with van der Waals surface area (Å²) < 4.78 is 0. The van der Waals surface area contributed by atoms with Crippen LogP contribution in [0.1, 0.15) is 52.5 Å². The van der Waals surface area contributed by atoms with E-state index in [1.54, 1.807) is 17.9 Å². The zero-order valence-electron chi connectivity index (χ0n) is 17.0. The molecule has 2 N–H and O–H groups in total. The van der Waals surface area contributed by atoms with Crippen molar-refractivity contribution < 1.29 is 14.4 Å². The van der Waals surface area contributed by atoms with Crippen molar-refractivity contribution >= 4 is 29.1 Å². The van der Waals surface area contributed by atoms with Crippen LogP contribution in [0.4, 0.5) is 11.4 Å². The second kappa shape index (κ2) is 8.55. The van der Waals surface area contributed by atoms with Crippen molar-refractivity contribution in [2.24, 2.45) is 11.3 Å². The van der Waals surface area contributed by atoms with E-state index in [0.29, 0.717) is 30.9 Å². The van der Waals surface area contributed by atoms with Crippen LogP contribution in [0.15, 0.2) is 18.2 Å². The average molecular weight is 373 g/mol. The van der Waals surface area contributed by atoms with E-state index in [1.165, 1.54) is 0 Å². The first-order valence-electron chi connectivity index (χ1n) is 9.62. The van der Waals surface area contributed by atoms with Gasteiger partial charge in [-0.2, -0.15) is 0 Å². The van der Waals surface area contributed by atoms with Crippen LogP contribution in [0.3, 0.4) is 0 Å². The van der Waals surface area contributed by atoms with Gasteiger partial charge in [-0.1, -0.05) is 33.8 Å². The van der Waals surface area contributed by atoms with Gasteiger partial charge in [0, 0.05) is 36.3 Å². The number of amides is 3. The van der Waals surface area contributed by atoms with Crippen LogP contribution in [0.5, 0.6) is 0 Å². The van der Waals surface area contributed by atoms with Crippen molar-refractivity contribution in [2.45, 2.75) is 53.9 Å². The van der Waals surface area contributed by atoms with Gasteiger partial charge in [-0.3, -0.25) is 14.4 Å². The zero-order chi connectivity index (χ0) is 20.2. The Labute approximate surface area is 161 Å². The number of carbonyl (C=O) groups excluding carboxylic acids is 3. The molecule has 0 aromatic heterocycles. The van der Waals surface area contributed by atoms with Gasteiger partial charge in [-0.15, -0.1) is 0 Å². The van der Waals surface area contributed by atoms with Gasteiger partial charge in [0.05, 0.1) is 5.92 Å². The molecule has 1 atom stereocenters. The minimum Gasteiger partial charge on any atom is -0.341 e. The summed E-state index contributed by atoms with van der Waals surface area (Å²) in [5, 5.41) is 5.79. The molecular weight excluding hydrogens is 342 g/mol. The van der Waals surface area contributed by atoms with E-state index >= 15 is 0 Å². The fourth-order valence-corrected chi connectivity index (χ4v) is 3.17. The number of rotatable bonds is 4. The SMILES string of the molecule is CCC(=O)Nc1ccc(C)c(NC(=O)C2CCCN(C(=O)C(C)(C)C)C2)c1. The highest BCUT2D eigenvalue weighted by Crippen LogP contribution is 2.26. The topological polar surface area (TPSA) is 78.5 Å². The molecule has 6 nitrogen and oxygen atoms in total. The molecule has 2 rings (SSSR count). The molecule has 0 spiro atoms. The van der Waals surface area contributed by atoms with E-state index in [9.17, 15) is 14.4 Å². The summed E-state index contributed by atoms with van der Waals surface area (Å²) in [6, 6.07) is 5.47. The lowest BCUT2D eigenvalue weighted by Gasteiger charge is -2.36. The standard InChI is InChI=1S/C21H31N3O3/c1-6-18(25)22-16-10-9-14(2)17(12-16)23-19(26)15-8-7-11-24(13-15)20(27)21(3,4)5/h9-10,12,15H,6-8,11,13H2,1-5H3,(H,22,25)(H,23,26). The van der Waals surface area contributed by atoms with Crippen molar-refractivity contribution in [3.05, 3.63) is 23.8 Å². The van der Waals surface area contributed by atoms with Crippen LogP contribution in [0, 0.1) is 18.3 Å². The zero-order valence-corrected chi connectivity index (χ0v) is 17.0. The van der Waals surface area contributed by atoms with Crippen molar-refractivity contribution in [1.82, 2.24) is 4.90 Å². The molecule has 1 aliphatic heterocycles. The fourth-order valence-electron chi connectivity index (χ4n) is 3.17. The summed E-state index contributed by atoms with van der Waals surface area (Å²) in [4.78, 5) is 38.7. The maximum Gasteiger partial charge on any atom is 0.229 e. The average Bonchev–Trinajstić information content (AvgIpc) is 2.63. The molecule has 1 aliphatic rings. The number of aryl methyl sites for hydroxylation is 1. The third-order valence-corrected chi connectivity index (χ3v) is 4.82. The molecule has 148 valence electrons. The number of likely N-dealkylation sites (tertiary alicyclic amines) is 1. The number of nitrogens with zero attached hydrogens (tertiary/aromatic N) is 1. The highest BCUT2D eigenvalue weighted by Gasteiger charge is 2.33. The highest BCUT2D eigenvalue weighted by atomic mass is 16.2. The van der Waals surface area contributed by atoms with Gasteiger partial charge in [0.25, 0.3) is 0 Å². The number of hydrogen-bond acceptors (Lipinski definition) is 3. The molecule has 1 saturated heterocycles. The monoisotopic (exact) mass is 373 g/mol. The molecule has 0 saturated carbocycles. The first-order valence-corrected chi connectivity index (χ1v) is 9.62. The highest BCUT2D eigenvalue weighted by molar-refractivity contribution is 5.96. The molecule has 1 heterocycles. The smallest absolute Gasteiger partial charge is 0.229 e. The molecule has 1 aromatic carbocycles. The number of benzene rings is 1. The Morgan fingerprint density at radius 3 is 2.52 bits per heavy atom. The summed E-state index contributed by atoms with van der Waals surface area (Å²) in [6.07, 6.45) is 1.99. The summed E-state index contributed by atoms with van der Waals surface area (Å²) in [7, 11) is 0. The van der Waals surface area contributed by atoms with Gasteiger partial charge in [-0.25, -0.2) is 0 Å². The molecule has 27 heavy (non-hydrogen) atoms. The van der Waals surface area contributed by atoms with Gasteiger partial charge in [0.2, 0.25) is 17.7 Å². The molecular formula is C21H31N3O3. The van der Waals surface area contributed by atoms with Crippen LogP contribution in [0.25, 0.3) is 0 Å². The van der Waals surface area contributed by atoms with Crippen LogP contribution < -0.4 is 10.6 Å². The Morgan fingerprint density at radius 1 is 1.19 bits per heavy atom. The third kappa shape index (κ3) is 5.55. The predicted molar refractivity (Wildman–Crippen MR) is 107 cm³/mol. The third-order valence-electron chi connectivity index (χ3n) is 4.82. The number of carbonyl (C=O) groups is 3. The van der Waals surface area contributed by atoms with Crippen molar-refractivity contribution in [3.63, 3.8) is 0 Å². The van der Waals surface area contributed by atoms with Crippen LogP contribution in [-0.2, 0) is 14.4 Å². The first-order chi connectivity index (χ1) is 12.6. The molecule has 0 radical (unpaired) electrons. The molecule has 0 bridgehead atoms. The predicted octanol–water partition coefficient (Wildman–Crippen LogP) is 3.57. The Bertz CT molecular complexity index is 722. The minimum atomic E-state index is -0.444. The van der Waals surface area contributed by atoms with E-state index in [1.807, 2.05) is 39.8 Å². The van der Waals surface area contributed by atoms with Gasteiger partial charge < -0.3 is 15.5 Å². The maximum atomic E-state index is 12.8. The largest absolute Gasteiger partial charge is 0.341 e. The minimum absolute atomic E-state index is 0.0697. The van der Waals surface area contributed by atoms with Crippen molar-refractivity contribution in [3.8, 4) is 0 Å². The lowest BCUT2D eigenvalue weighted by atomic mass is 9.91. The van der Waals surface area contributed by atoms with E-state index < -0.39 is 5.41 Å². The molecule has 1 aromatic rings. The van der Waals surface area contributed by atoms with E-state index in [-0.39, 0.29) is 23.6 Å². The Morgan fingerprint density at radius 2 is 1.89 bits per heavy atom. The normalized spacial score (nSPS) is 17.4. The lowest BCUT2D eigenvalue weighted by molar-refractivity contribution is -0.142. The van der Waals surface area contributed by atoms with Crippen LogP contribution in [0.2, 0.25) is 0 Å². The molecule has 0 aliphatic carbocycles. The first kappa shape index (κ1) is 20.9. The fraction of sp³-hybridized carbons (Fsp3) is 0.571. The summed E-state index contributed by atoms with van der Waals surface area (Å²) >= 11 is 0. The van der Waals surface area contributed by atoms with Gasteiger partial charge >= 0.3 is 0 Å². The maximum absolute atomic E-state index is 12.8. The Kier molecular flexibility index (Phi) is 6.63. The van der Waals surface area contributed by atoms with E-state index in [0.717, 1.165) is 18.4 Å². The van der Waals surface area contributed by atoms with Crippen LogP contribution >= 0.6 is 0 Å². The van der Waals surface area contributed by atoms with Gasteiger partial charge in [0.15, 0.2) is 0 Å². The van der Waals surface area contributed by atoms with Crippen molar-refractivity contribution in [1.29, 1.82) is 0 Å². The van der Waals surface area contributed by atoms with Crippen molar-refractivity contribution in [2.75, 3.05) is 23.7 Å². The summed E-state index contributed by atoms with van der Waals surface area (Å²) in [6.45, 7) is 10.6. The summed E-state index contributed by atoms with van der Waals surface area (Å²) in [5.74, 6) is -0.290. The quantitative estimate of drug-likeness (QED) is 0.847. The van der Waals surface area contributed by atoms with E-state index in [4.69, 9.17) is 0 Å². The molecule has 1 fully saturated rings. The molecule has 6 heteroatoms. The number of piperidine rings is 1. The van der Waals surface area contributed by atoms with Crippen LogP contribution in [-0.4, -0.2) is 35.7 Å². The van der Waals surface area contributed by atoms with Gasteiger partial charge in [0.1, 0.15) is 0 Å². The molecule has 1 unspecified atom stereocenters. The number of nitrogens with one attached hydrogen (secondary N) is 2. The Hall–Kier alpha value is -2.37. The van der Waals surface area contributed by atoms with Gasteiger partial charge in [-0.05, 0) is 37.5 Å². The molecule has 3 amide bonds. The second-order valence-electron chi connectivity index (χ2n) is 8.26. The number of hydrogen-bond donors (Lipinski definition) is 2. The Balaban J connectivity index is 2.07.